The Morgan fingerprint density at radius 2 is 2.18 bits per heavy atom. The number of halogens is 1. The molecule has 1 heterocycles. The van der Waals surface area contributed by atoms with Gasteiger partial charge in [0, 0.05) is 5.02 Å². The van der Waals surface area contributed by atoms with E-state index in [4.69, 9.17) is 16.7 Å². The molecule has 0 bridgehead atoms. The van der Waals surface area contributed by atoms with Crippen LogP contribution in [0.4, 0.5) is 0 Å². The Balaban J connectivity index is 2.58. The number of hydrogen-bond acceptors (Lipinski definition) is 4. The fourth-order valence-electron chi connectivity index (χ4n) is 1.22. The van der Waals surface area contributed by atoms with E-state index in [-0.39, 0.29) is 0 Å². The molecular formula is C10H6ClN3O3. The minimum Gasteiger partial charge on any atom is -0.476 e. The lowest BCUT2D eigenvalue weighted by atomic mass is 10.3. The first kappa shape index (κ1) is 11.3. The van der Waals surface area contributed by atoms with Gasteiger partial charge in [-0.25, -0.2) is 9.48 Å². The fourth-order valence-corrected chi connectivity index (χ4v) is 1.41. The zero-order valence-electron chi connectivity index (χ0n) is 8.37. The predicted octanol–water partition coefficient (Wildman–Crippen LogP) is 0.979. The minimum atomic E-state index is -1.42. The Morgan fingerprint density at radius 1 is 1.41 bits per heavy atom. The Bertz CT molecular complexity index is 639. The summed E-state index contributed by atoms with van der Waals surface area (Å²) < 4.78 is 1.18. The lowest BCUT2D eigenvalue weighted by molar-refractivity contribution is 0.0686. The van der Waals surface area contributed by atoms with Gasteiger partial charge in [-0.1, -0.05) is 17.7 Å². The summed E-state index contributed by atoms with van der Waals surface area (Å²) in [5, 5.41) is 12.9. The largest absolute Gasteiger partial charge is 0.476 e. The third-order valence-corrected chi connectivity index (χ3v) is 2.21. The summed E-state index contributed by atoms with van der Waals surface area (Å²) in [6, 6.07) is 6.58. The lowest BCUT2D eigenvalue weighted by Crippen LogP contribution is -2.23. The number of aromatic nitrogens is 3. The van der Waals surface area contributed by atoms with Crippen LogP contribution in [0.3, 0.4) is 0 Å². The van der Waals surface area contributed by atoms with E-state index < -0.39 is 17.2 Å². The van der Waals surface area contributed by atoms with E-state index in [1.54, 1.807) is 24.3 Å². The molecule has 0 atom stereocenters. The molecule has 2 aromatic rings. The summed E-state index contributed by atoms with van der Waals surface area (Å²) in [5.74, 6) is -1.42. The first-order valence-electron chi connectivity index (χ1n) is 4.53. The highest BCUT2D eigenvalue weighted by Crippen LogP contribution is 2.12. The molecule has 1 N–H and O–H groups in total. The molecule has 0 radical (unpaired) electrons. The smallest absolute Gasteiger partial charge is 0.362 e. The molecule has 0 unspecified atom stereocenters. The second-order valence-electron chi connectivity index (χ2n) is 3.13. The second-order valence-corrected chi connectivity index (χ2v) is 3.56. The molecule has 0 amide bonds. The number of benzene rings is 1. The number of aromatic carboxylic acids is 1. The van der Waals surface area contributed by atoms with E-state index in [1.807, 2.05) is 0 Å². The Labute approximate surface area is 100 Å². The Hall–Kier alpha value is -2.21. The zero-order valence-corrected chi connectivity index (χ0v) is 9.13. The minimum absolute atomic E-state index is 0.472. The average molecular weight is 252 g/mol. The average Bonchev–Trinajstić information content (AvgIpc) is 2.29. The molecule has 0 aliphatic rings. The highest BCUT2D eigenvalue weighted by Gasteiger charge is 2.12. The van der Waals surface area contributed by atoms with Crippen molar-refractivity contribution in [1.82, 2.24) is 14.8 Å². The molecule has 0 saturated heterocycles. The monoisotopic (exact) mass is 251 g/mol. The molecule has 1 aromatic carbocycles. The molecule has 7 heteroatoms. The van der Waals surface area contributed by atoms with E-state index in [0.29, 0.717) is 10.7 Å². The third kappa shape index (κ3) is 2.31. The van der Waals surface area contributed by atoms with E-state index >= 15 is 0 Å². The summed E-state index contributed by atoms with van der Waals surface area (Å²) in [4.78, 5) is 25.3. The summed E-state index contributed by atoms with van der Waals surface area (Å²) >= 11 is 5.79. The van der Waals surface area contributed by atoms with Crippen LogP contribution in [0.25, 0.3) is 5.69 Å². The first-order chi connectivity index (χ1) is 8.08. The van der Waals surface area contributed by atoms with E-state index in [0.717, 1.165) is 6.33 Å². The van der Waals surface area contributed by atoms with Gasteiger partial charge in [0.05, 0.1) is 5.69 Å². The van der Waals surface area contributed by atoms with Crippen molar-refractivity contribution in [3.05, 3.63) is 51.7 Å². The van der Waals surface area contributed by atoms with Crippen LogP contribution in [0.5, 0.6) is 0 Å². The van der Waals surface area contributed by atoms with Gasteiger partial charge in [0.1, 0.15) is 6.33 Å². The van der Waals surface area contributed by atoms with Crippen LogP contribution < -0.4 is 5.56 Å². The molecule has 1 aromatic heterocycles. The summed E-state index contributed by atoms with van der Waals surface area (Å²) in [6.45, 7) is 0. The molecule has 17 heavy (non-hydrogen) atoms. The van der Waals surface area contributed by atoms with Crippen molar-refractivity contribution in [2.24, 2.45) is 0 Å². The molecule has 2 rings (SSSR count). The van der Waals surface area contributed by atoms with Gasteiger partial charge in [-0.3, -0.25) is 4.79 Å². The summed E-state index contributed by atoms with van der Waals surface area (Å²) in [6.07, 6.45) is 1.14. The molecule has 6 nitrogen and oxygen atoms in total. The standard InChI is InChI=1S/C10H6ClN3O3/c11-6-2-1-3-7(4-6)14-5-12-9(15)8(13-14)10(16)17/h1-5H,(H,16,17). The Morgan fingerprint density at radius 3 is 2.82 bits per heavy atom. The molecule has 0 fully saturated rings. The van der Waals surface area contributed by atoms with Crippen LogP contribution in [0.2, 0.25) is 5.02 Å². The molecule has 0 aliphatic carbocycles. The number of carboxylic acid groups (broad SMARTS) is 1. The van der Waals surface area contributed by atoms with Gasteiger partial charge in [-0.2, -0.15) is 10.1 Å². The Kier molecular flexibility index (Phi) is 2.88. The van der Waals surface area contributed by atoms with E-state index in [9.17, 15) is 9.59 Å². The van der Waals surface area contributed by atoms with Crippen molar-refractivity contribution in [2.75, 3.05) is 0 Å². The van der Waals surface area contributed by atoms with Gasteiger partial charge >= 0.3 is 11.5 Å². The topological polar surface area (TPSA) is 85.1 Å². The highest BCUT2D eigenvalue weighted by molar-refractivity contribution is 6.30. The van der Waals surface area contributed by atoms with Crippen molar-refractivity contribution in [3.63, 3.8) is 0 Å². The van der Waals surface area contributed by atoms with Crippen molar-refractivity contribution in [2.45, 2.75) is 0 Å². The van der Waals surface area contributed by atoms with Gasteiger partial charge in [0.25, 0.3) is 0 Å². The quantitative estimate of drug-likeness (QED) is 0.860. The summed E-state index contributed by atoms with van der Waals surface area (Å²) in [7, 11) is 0. The SMILES string of the molecule is O=C(O)c1nn(-c2cccc(Cl)c2)cnc1=O. The number of nitrogens with zero attached hydrogens (tertiary/aromatic N) is 3. The second kappa shape index (κ2) is 4.34. The summed E-state index contributed by atoms with van der Waals surface area (Å²) in [5.41, 5.74) is -0.990. The molecule has 0 aliphatic heterocycles. The van der Waals surface area contributed by atoms with Crippen molar-refractivity contribution >= 4 is 17.6 Å². The van der Waals surface area contributed by atoms with Crippen LogP contribution in [-0.4, -0.2) is 25.8 Å². The third-order valence-electron chi connectivity index (χ3n) is 1.97. The maximum absolute atomic E-state index is 11.1. The lowest BCUT2D eigenvalue weighted by Gasteiger charge is -2.04. The number of carbonyl (C=O) groups is 1. The predicted molar refractivity (Wildman–Crippen MR) is 59.6 cm³/mol. The van der Waals surface area contributed by atoms with Gasteiger partial charge in [0.2, 0.25) is 5.69 Å². The number of rotatable bonds is 2. The zero-order chi connectivity index (χ0) is 12.4. The number of carboxylic acids is 1. The van der Waals surface area contributed by atoms with Gasteiger partial charge in [0.15, 0.2) is 0 Å². The van der Waals surface area contributed by atoms with Crippen LogP contribution >= 0.6 is 11.6 Å². The highest BCUT2D eigenvalue weighted by atomic mass is 35.5. The molecule has 0 spiro atoms. The van der Waals surface area contributed by atoms with E-state index in [1.165, 1.54) is 4.68 Å². The first-order valence-corrected chi connectivity index (χ1v) is 4.91. The molecule has 0 saturated carbocycles. The van der Waals surface area contributed by atoms with Crippen molar-refractivity contribution < 1.29 is 9.90 Å². The van der Waals surface area contributed by atoms with Crippen LogP contribution in [0.15, 0.2) is 35.4 Å². The maximum atomic E-state index is 11.1. The molecular weight excluding hydrogens is 246 g/mol. The maximum Gasteiger partial charge on any atom is 0.362 e. The van der Waals surface area contributed by atoms with Crippen LogP contribution in [-0.2, 0) is 0 Å². The van der Waals surface area contributed by atoms with Crippen molar-refractivity contribution in [3.8, 4) is 5.69 Å². The van der Waals surface area contributed by atoms with Gasteiger partial charge < -0.3 is 5.11 Å². The fraction of sp³-hybridized carbons (Fsp3) is 0. The number of hydrogen-bond donors (Lipinski definition) is 1. The van der Waals surface area contributed by atoms with Crippen molar-refractivity contribution in [1.29, 1.82) is 0 Å². The normalized spacial score (nSPS) is 10.2. The van der Waals surface area contributed by atoms with Gasteiger partial charge in [-0.15, -0.1) is 0 Å². The van der Waals surface area contributed by atoms with Crippen LogP contribution in [0, 0.1) is 0 Å². The van der Waals surface area contributed by atoms with Crippen LogP contribution in [0.1, 0.15) is 10.5 Å². The van der Waals surface area contributed by atoms with Gasteiger partial charge in [-0.05, 0) is 18.2 Å². The van der Waals surface area contributed by atoms with E-state index in [2.05, 4.69) is 10.1 Å². The molecule has 86 valence electrons.